The Hall–Kier alpha value is -0.995. The Morgan fingerprint density at radius 1 is 1.24 bits per heavy atom. The van der Waals surface area contributed by atoms with Crippen molar-refractivity contribution in [1.82, 2.24) is 4.57 Å². The highest BCUT2D eigenvalue weighted by atomic mass is 16.7. The highest BCUT2D eigenvalue weighted by molar-refractivity contribution is 6.68. The molecule has 2 rings (SSSR count). The Labute approximate surface area is 104 Å². The number of hydrogen-bond donors (Lipinski definition) is 0. The van der Waals surface area contributed by atoms with Gasteiger partial charge in [0.1, 0.15) is 0 Å². The van der Waals surface area contributed by atoms with E-state index in [-0.39, 0.29) is 18.3 Å². The minimum absolute atomic E-state index is 0.314. The number of rotatable bonds is 2. The first-order chi connectivity index (χ1) is 7.74. The monoisotopic (exact) mass is 233 g/mol. The van der Waals surface area contributed by atoms with Gasteiger partial charge in [0.25, 0.3) is 0 Å². The van der Waals surface area contributed by atoms with Crippen molar-refractivity contribution in [3.05, 3.63) is 30.6 Å². The van der Waals surface area contributed by atoms with Crippen LogP contribution >= 0.6 is 0 Å². The Morgan fingerprint density at radius 3 is 2.18 bits per heavy atom. The normalized spacial score (nSPS) is 21.8. The van der Waals surface area contributed by atoms with E-state index >= 15 is 0 Å². The Balaban J connectivity index is 2.23. The molecule has 1 aliphatic rings. The van der Waals surface area contributed by atoms with E-state index in [1.807, 2.05) is 57.6 Å². The quantitative estimate of drug-likeness (QED) is 0.733. The van der Waals surface area contributed by atoms with Crippen molar-refractivity contribution in [2.75, 3.05) is 0 Å². The highest BCUT2D eigenvalue weighted by Gasteiger charge is 2.52. The molecular weight excluding hydrogens is 213 g/mol. The minimum atomic E-state index is -0.367. The molecule has 2 heterocycles. The lowest BCUT2D eigenvalue weighted by atomic mass is 9.77. The third kappa shape index (κ3) is 1.96. The van der Waals surface area contributed by atoms with Crippen LogP contribution in [0.25, 0.3) is 5.47 Å². The summed E-state index contributed by atoms with van der Waals surface area (Å²) in [6.07, 6.45) is 1.99. The molecule has 0 saturated carbocycles. The van der Waals surface area contributed by atoms with E-state index in [1.54, 1.807) is 0 Å². The molecular formula is C13H20BNO2. The third-order valence-corrected chi connectivity index (χ3v) is 3.81. The molecule has 0 aromatic carbocycles. The second kappa shape index (κ2) is 3.75. The van der Waals surface area contributed by atoms with Gasteiger partial charge in [-0.2, -0.15) is 0 Å². The minimum Gasteiger partial charge on any atom is -0.399 e. The molecule has 17 heavy (non-hydrogen) atoms. The summed E-state index contributed by atoms with van der Waals surface area (Å²) in [5, 5.41) is 0. The first-order valence-corrected chi connectivity index (χ1v) is 5.91. The lowest BCUT2D eigenvalue weighted by Crippen LogP contribution is -2.41. The second-order valence-electron chi connectivity index (χ2n) is 5.62. The predicted molar refractivity (Wildman–Crippen MR) is 70.5 cm³/mol. The summed E-state index contributed by atoms with van der Waals surface area (Å²) >= 11 is 0. The smallest absolute Gasteiger partial charge is 0.399 e. The topological polar surface area (TPSA) is 23.4 Å². The standard InChI is InChI=1S/C13H20BNO2/c1-10(11-8-7-9-15(11)6)14-16-12(2,3)13(4,5)17-14/h7-9H,1H2,2-6H3. The zero-order chi connectivity index (χ0) is 12.8. The molecule has 4 heteroatoms. The van der Waals surface area contributed by atoms with Crippen LogP contribution in [0.3, 0.4) is 0 Å². The zero-order valence-corrected chi connectivity index (χ0v) is 11.3. The average Bonchev–Trinajstić information content (AvgIpc) is 2.68. The number of aromatic nitrogens is 1. The van der Waals surface area contributed by atoms with Crippen LogP contribution in [0.4, 0.5) is 0 Å². The van der Waals surface area contributed by atoms with Crippen molar-refractivity contribution >= 4 is 12.6 Å². The fourth-order valence-electron chi connectivity index (χ4n) is 1.90. The van der Waals surface area contributed by atoms with Crippen LogP contribution in [0.5, 0.6) is 0 Å². The summed E-state index contributed by atoms with van der Waals surface area (Å²) in [7, 11) is 1.62. The summed E-state index contributed by atoms with van der Waals surface area (Å²) < 4.78 is 14.0. The van der Waals surface area contributed by atoms with Gasteiger partial charge in [0, 0.05) is 18.9 Å². The maximum Gasteiger partial charge on any atom is 0.496 e. The summed E-state index contributed by atoms with van der Waals surface area (Å²) in [6.45, 7) is 12.3. The van der Waals surface area contributed by atoms with E-state index in [1.165, 1.54) is 0 Å². The van der Waals surface area contributed by atoms with Crippen molar-refractivity contribution in [3.8, 4) is 0 Å². The van der Waals surface area contributed by atoms with Gasteiger partial charge in [-0.05, 0) is 45.3 Å². The molecule has 0 aliphatic carbocycles. The molecule has 0 unspecified atom stereocenters. The molecule has 0 N–H and O–H groups in total. The van der Waals surface area contributed by atoms with Gasteiger partial charge in [0.2, 0.25) is 0 Å². The first-order valence-electron chi connectivity index (χ1n) is 5.91. The number of nitrogens with zero attached hydrogens (tertiary/aromatic N) is 1. The molecule has 92 valence electrons. The van der Waals surface area contributed by atoms with Crippen molar-refractivity contribution in [2.24, 2.45) is 7.05 Å². The summed E-state index contributed by atoms with van der Waals surface area (Å²) in [4.78, 5) is 0. The highest BCUT2D eigenvalue weighted by Crippen LogP contribution is 2.39. The van der Waals surface area contributed by atoms with Gasteiger partial charge in [-0.15, -0.1) is 0 Å². The van der Waals surface area contributed by atoms with Crippen LogP contribution in [0, 0.1) is 0 Å². The molecule has 1 aromatic rings. The first kappa shape index (κ1) is 12.5. The second-order valence-corrected chi connectivity index (χ2v) is 5.62. The van der Waals surface area contributed by atoms with Gasteiger partial charge in [-0.25, -0.2) is 0 Å². The van der Waals surface area contributed by atoms with E-state index in [4.69, 9.17) is 9.31 Å². The van der Waals surface area contributed by atoms with Crippen LogP contribution in [0.2, 0.25) is 0 Å². The lowest BCUT2D eigenvalue weighted by Gasteiger charge is -2.32. The molecule has 1 aromatic heterocycles. The fourth-order valence-corrected chi connectivity index (χ4v) is 1.90. The number of hydrogen-bond acceptors (Lipinski definition) is 2. The van der Waals surface area contributed by atoms with E-state index in [0.717, 1.165) is 11.2 Å². The van der Waals surface area contributed by atoms with Crippen LogP contribution in [-0.2, 0) is 16.4 Å². The van der Waals surface area contributed by atoms with Crippen molar-refractivity contribution in [2.45, 2.75) is 38.9 Å². The molecule has 1 saturated heterocycles. The molecule has 0 amide bonds. The van der Waals surface area contributed by atoms with Crippen LogP contribution in [-0.4, -0.2) is 22.9 Å². The maximum atomic E-state index is 5.97. The van der Waals surface area contributed by atoms with E-state index in [2.05, 4.69) is 6.58 Å². The van der Waals surface area contributed by atoms with Gasteiger partial charge < -0.3 is 13.9 Å². The van der Waals surface area contributed by atoms with Gasteiger partial charge in [0.05, 0.1) is 11.2 Å². The van der Waals surface area contributed by atoms with Crippen LogP contribution < -0.4 is 0 Å². The Bertz CT molecular complexity index is 432. The molecule has 0 bridgehead atoms. The van der Waals surface area contributed by atoms with Crippen LogP contribution in [0.1, 0.15) is 33.4 Å². The van der Waals surface area contributed by atoms with E-state index in [9.17, 15) is 0 Å². The van der Waals surface area contributed by atoms with Gasteiger partial charge in [0.15, 0.2) is 0 Å². The molecule has 1 aliphatic heterocycles. The predicted octanol–water partition coefficient (Wildman–Crippen LogP) is 2.67. The molecule has 0 atom stereocenters. The van der Waals surface area contributed by atoms with Gasteiger partial charge in [-0.1, -0.05) is 6.58 Å². The van der Waals surface area contributed by atoms with Crippen LogP contribution in [0.15, 0.2) is 24.9 Å². The van der Waals surface area contributed by atoms with Crippen molar-refractivity contribution in [3.63, 3.8) is 0 Å². The SMILES string of the molecule is C=C(B1OC(C)(C)C(C)(C)O1)c1cccn1C. The zero-order valence-electron chi connectivity index (χ0n) is 11.3. The lowest BCUT2D eigenvalue weighted by molar-refractivity contribution is 0.00578. The Kier molecular flexibility index (Phi) is 2.75. The molecule has 0 spiro atoms. The van der Waals surface area contributed by atoms with Gasteiger partial charge in [-0.3, -0.25) is 0 Å². The molecule has 0 radical (unpaired) electrons. The summed E-state index contributed by atoms with van der Waals surface area (Å²) in [5.41, 5.74) is 1.29. The largest absolute Gasteiger partial charge is 0.496 e. The van der Waals surface area contributed by atoms with E-state index < -0.39 is 0 Å². The van der Waals surface area contributed by atoms with Gasteiger partial charge >= 0.3 is 7.12 Å². The Morgan fingerprint density at radius 2 is 1.76 bits per heavy atom. The fraction of sp³-hybridized carbons (Fsp3) is 0.538. The third-order valence-electron chi connectivity index (χ3n) is 3.81. The average molecular weight is 233 g/mol. The van der Waals surface area contributed by atoms with E-state index in [0.29, 0.717) is 0 Å². The number of aryl methyl sites for hydroxylation is 1. The van der Waals surface area contributed by atoms with Crippen molar-refractivity contribution < 1.29 is 9.31 Å². The van der Waals surface area contributed by atoms with Crippen molar-refractivity contribution in [1.29, 1.82) is 0 Å². The summed E-state index contributed by atoms with van der Waals surface area (Å²) in [6, 6.07) is 4.01. The summed E-state index contributed by atoms with van der Waals surface area (Å²) in [5.74, 6) is 0. The maximum absolute atomic E-state index is 5.97. The molecule has 1 fully saturated rings. The molecule has 3 nitrogen and oxygen atoms in total.